The Bertz CT molecular complexity index is 5910. The van der Waals surface area contributed by atoms with E-state index in [9.17, 15) is 0 Å². The van der Waals surface area contributed by atoms with Crippen LogP contribution in [0.4, 0.5) is 17.1 Å². The van der Waals surface area contributed by atoms with Crippen molar-refractivity contribution in [1.29, 1.82) is 0 Å². The second-order valence-corrected chi connectivity index (χ2v) is 34.2. The lowest BCUT2D eigenvalue weighted by molar-refractivity contribution is 0.369. The molecule has 570 valence electrons. The Morgan fingerprint density at radius 2 is 0.667 bits per heavy atom. The minimum Gasteiger partial charge on any atom is -0.456 e. The summed E-state index contributed by atoms with van der Waals surface area (Å²) in [5, 5.41) is 4.86. The van der Waals surface area contributed by atoms with Gasteiger partial charge in [-0.1, -0.05) is 374 Å². The predicted octanol–water partition coefficient (Wildman–Crippen LogP) is 32.0. The summed E-state index contributed by atoms with van der Waals surface area (Å²) >= 11 is 0. The van der Waals surface area contributed by atoms with E-state index >= 15 is 0 Å². The Kier molecular flexibility index (Phi) is 19.9. The van der Waals surface area contributed by atoms with Gasteiger partial charge in [0.1, 0.15) is 22.3 Å². The number of aryl methyl sites for hydroxylation is 1. The van der Waals surface area contributed by atoms with E-state index in [1.807, 2.05) is 0 Å². The van der Waals surface area contributed by atoms with Crippen LogP contribution in [0.2, 0.25) is 0 Å². The van der Waals surface area contributed by atoms with Crippen molar-refractivity contribution < 1.29 is 8.83 Å². The quantitative estimate of drug-likeness (QED) is 0.0406. The molecule has 3 nitrogen and oxygen atoms in total. The number of benzene rings is 13. The molecule has 0 unspecified atom stereocenters. The second-order valence-electron chi connectivity index (χ2n) is 34.2. The molecule has 0 fully saturated rings. The third-order valence-corrected chi connectivity index (χ3v) is 27.6. The summed E-state index contributed by atoms with van der Waals surface area (Å²) < 4.78 is 14.7. The Balaban J connectivity index is 0.880. The van der Waals surface area contributed by atoms with Crippen LogP contribution in [0.5, 0.6) is 0 Å². The summed E-state index contributed by atoms with van der Waals surface area (Å²) in [5.74, 6) is 0. The van der Waals surface area contributed by atoms with Crippen LogP contribution in [0.3, 0.4) is 0 Å². The normalized spacial score (nSPS) is 14.6. The van der Waals surface area contributed by atoms with E-state index in [-0.39, 0.29) is 10.8 Å². The molecule has 0 saturated heterocycles. The van der Waals surface area contributed by atoms with Crippen molar-refractivity contribution in [2.45, 2.75) is 210 Å². The average molecular weight is 1490 g/mol. The first-order valence-electron chi connectivity index (χ1n) is 44.0. The molecule has 4 aliphatic carbocycles. The zero-order chi connectivity index (χ0) is 77.0. The van der Waals surface area contributed by atoms with Crippen LogP contribution in [0.25, 0.3) is 88.4 Å². The van der Waals surface area contributed by atoms with Gasteiger partial charge in [-0.05, 0) is 205 Å². The van der Waals surface area contributed by atoms with E-state index in [2.05, 4.69) is 319 Å². The fourth-order valence-corrected chi connectivity index (χ4v) is 22.6. The van der Waals surface area contributed by atoms with Gasteiger partial charge in [-0.25, -0.2) is 0 Å². The number of hydrogen-bond acceptors (Lipinski definition) is 3. The summed E-state index contributed by atoms with van der Waals surface area (Å²) in [5.41, 5.74) is 33.7. The van der Waals surface area contributed by atoms with E-state index in [4.69, 9.17) is 8.83 Å². The molecule has 0 N–H and O–H groups in total. The largest absolute Gasteiger partial charge is 0.456 e. The number of para-hydroxylation sites is 2. The highest BCUT2D eigenvalue weighted by molar-refractivity contribution is 6.21. The zero-order valence-electron chi connectivity index (χ0n) is 67.8. The van der Waals surface area contributed by atoms with Gasteiger partial charge >= 0.3 is 0 Å². The molecule has 0 radical (unpaired) electrons. The van der Waals surface area contributed by atoms with Crippen molar-refractivity contribution in [2.24, 2.45) is 0 Å². The predicted molar refractivity (Wildman–Crippen MR) is 481 cm³/mol. The van der Waals surface area contributed by atoms with Crippen molar-refractivity contribution in [1.82, 2.24) is 0 Å². The van der Waals surface area contributed by atoms with Crippen molar-refractivity contribution in [3.8, 4) is 44.5 Å². The van der Waals surface area contributed by atoms with E-state index in [1.54, 1.807) is 16.7 Å². The van der Waals surface area contributed by atoms with Gasteiger partial charge in [0.15, 0.2) is 0 Å². The van der Waals surface area contributed by atoms with Crippen LogP contribution >= 0.6 is 0 Å². The maximum absolute atomic E-state index is 7.73. The second kappa shape index (κ2) is 30.9. The lowest BCUT2D eigenvalue weighted by atomic mass is 9.62. The van der Waals surface area contributed by atoms with Crippen LogP contribution in [0.15, 0.2) is 288 Å². The topological polar surface area (TPSA) is 29.5 Å². The summed E-state index contributed by atoms with van der Waals surface area (Å²) in [6, 6.07) is 108. The van der Waals surface area contributed by atoms with Crippen LogP contribution in [0.1, 0.15) is 254 Å². The SMILES string of the molecule is CCCCCCCC1(CCCCCCC)c2cc(N(c3ccc(C)cc3)c3ccc4c(c3)C(c3ccccc3)(c3ccccc3)c3cc5c(cc3-4)C(c3ccccc3)(c3ccccc3)c3ccc4oc6ccccc6c4c3-5)ccc2-c2c1c1c(c3c2oc2ccccc23)-c2ccccc2C1(CCCCCCC)CCCCCCC. The fraction of sp³-hybridized carbons (Fsp3) is 0.297. The molecule has 4 aliphatic rings. The van der Waals surface area contributed by atoms with Crippen LogP contribution in [-0.2, 0) is 21.7 Å². The van der Waals surface area contributed by atoms with E-state index in [0.717, 1.165) is 70.2 Å². The number of anilines is 3. The van der Waals surface area contributed by atoms with Gasteiger partial charge in [-0.2, -0.15) is 0 Å². The molecule has 0 aliphatic heterocycles. The molecular weight excluding hydrogens is 1380 g/mol. The highest BCUT2D eigenvalue weighted by Gasteiger charge is 2.56. The molecule has 0 amide bonds. The summed E-state index contributed by atoms with van der Waals surface area (Å²) in [4.78, 5) is 2.65. The standard InChI is InChI=1S/C111H109NO2/c1-6-10-14-18-40-68-108(69-41-19-15-11-7-2)91-55-37-34-52-85(91)102-103-88-54-36-39-57-98(88)114-107(103)104-86-65-63-82(72-93(86)109(106(104)105(102)108,70-42-20-16-12-8-3)71-43-21-17-13-9-4)112(81-60-58-76(5)59-61-81)83-62-64-84-89-74-96-90(75-95(89)111(94(84)73-83,79-48-30-24-31-49-79)80-50-32-25-33-51-80)100-92(66-67-99-101(100)87-53-35-38-56-97(87)113-99)110(96,77-44-26-22-27-45-77)78-46-28-23-29-47-78/h22-39,44-67,72-75H,6-21,40-43,68-71H2,1-5H3. The van der Waals surface area contributed by atoms with E-state index < -0.39 is 10.8 Å². The highest BCUT2D eigenvalue weighted by atomic mass is 16.3. The number of hydrogen-bond donors (Lipinski definition) is 0. The van der Waals surface area contributed by atoms with Gasteiger partial charge in [0.25, 0.3) is 0 Å². The molecule has 0 spiro atoms. The van der Waals surface area contributed by atoms with E-state index in [0.29, 0.717) is 0 Å². The monoisotopic (exact) mass is 1490 g/mol. The number of furan rings is 2. The summed E-state index contributed by atoms with van der Waals surface area (Å²) in [6.45, 7) is 11.7. The average Bonchev–Trinajstić information content (AvgIpc) is 1.50. The molecule has 0 saturated carbocycles. The molecule has 13 aromatic carbocycles. The summed E-state index contributed by atoms with van der Waals surface area (Å²) in [7, 11) is 0. The molecule has 19 rings (SSSR count). The third-order valence-electron chi connectivity index (χ3n) is 27.6. The summed E-state index contributed by atoms with van der Waals surface area (Å²) in [6.07, 6.45) is 29.4. The molecule has 0 bridgehead atoms. The number of rotatable bonds is 31. The first kappa shape index (κ1) is 73.4. The molecule has 2 heterocycles. The zero-order valence-corrected chi connectivity index (χ0v) is 67.8. The number of fused-ring (bicyclic) bond motifs is 22. The highest BCUT2D eigenvalue weighted by Crippen LogP contribution is 2.69. The Morgan fingerprint density at radius 1 is 0.263 bits per heavy atom. The van der Waals surface area contributed by atoms with Gasteiger partial charge in [-0.3, -0.25) is 0 Å². The van der Waals surface area contributed by atoms with Gasteiger partial charge < -0.3 is 13.7 Å². The van der Waals surface area contributed by atoms with Crippen LogP contribution < -0.4 is 4.90 Å². The van der Waals surface area contributed by atoms with Crippen LogP contribution in [-0.4, -0.2) is 0 Å². The lowest BCUT2D eigenvalue weighted by Gasteiger charge is -2.40. The first-order chi connectivity index (χ1) is 56.3. The van der Waals surface area contributed by atoms with Crippen molar-refractivity contribution >= 4 is 60.9 Å². The fourth-order valence-electron chi connectivity index (χ4n) is 22.6. The van der Waals surface area contributed by atoms with Gasteiger partial charge in [-0.15, -0.1) is 0 Å². The molecule has 0 atom stereocenters. The Labute approximate surface area is 676 Å². The minimum atomic E-state index is -0.771. The van der Waals surface area contributed by atoms with Gasteiger partial charge in [0.2, 0.25) is 0 Å². The molecular formula is C111H109NO2. The van der Waals surface area contributed by atoms with Crippen molar-refractivity contribution in [2.75, 3.05) is 4.90 Å². The van der Waals surface area contributed by atoms with Crippen molar-refractivity contribution in [3.05, 3.63) is 351 Å². The van der Waals surface area contributed by atoms with E-state index in [1.165, 1.54) is 245 Å². The minimum absolute atomic E-state index is 0.171. The third kappa shape index (κ3) is 11.7. The Hall–Kier alpha value is -10.7. The molecule has 114 heavy (non-hydrogen) atoms. The van der Waals surface area contributed by atoms with Crippen molar-refractivity contribution in [3.63, 3.8) is 0 Å². The maximum atomic E-state index is 7.73. The molecule has 15 aromatic rings. The molecule has 2 aromatic heterocycles. The lowest BCUT2D eigenvalue weighted by Crippen LogP contribution is -2.33. The van der Waals surface area contributed by atoms with Gasteiger partial charge in [0.05, 0.1) is 10.8 Å². The first-order valence-corrected chi connectivity index (χ1v) is 44.0. The van der Waals surface area contributed by atoms with Crippen LogP contribution in [0, 0.1) is 6.92 Å². The number of unbranched alkanes of at least 4 members (excludes halogenated alkanes) is 16. The van der Waals surface area contributed by atoms with Gasteiger partial charge in [0, 0.05) is 55.0 Å². The Morgan fingerprint density at radius 3 is 1.21 bits per heavy atom. The maximum Gasteiger partial charge on any atom is 0.144 e. The molecule has 3 heteroatoms. The number of nitrogens with zero attached hydrogens (tertiary/aromatic N) is 1. The smallest absolute Gasteiger partial charge is 0.144 e.